The Balaban J connectivity index is 2.51. The van der Waals surface area contributed by atoms with Gasteiger partial charge in [0.15, 0.2) is 15.8 Å². The van der Waals surface area contributed by atoms with Crippen LogP contribution in [0.3, 0.4) is 0 Å². The summed E-state index contributed by atoms with van der Waals surface area (Å²) in [6.45, 7) is 2.85. The van der Waals surface area contributed by atoms with E-state index in [1.807, 2.05) is 5.38 Å². The van der Waals surface area contributed by atoms with Crippen LogP contribution in [0, 0.1) is 0 Å². The Morgan fingerprint density at radius 2 is 2.30 bits per heavy atom. The van der Waals surface area contributed by atoms with Crippen LogP contribution in [-0.2, 0) is 14.8 Å². The molecule has 0 aliphatic rings. The lowest BCUT2D eigenvalue weighted by Crippen LogP contribution is -2.34. The molecule has 0 aliphatic carbocycles. The van der Waals surface area contributed by atoms with E-state index < -0.39 is 10.0 Å². The minimum atomic E-state index is -3.62. The highest BCUT2D eigenvalue weighted by Crippen LogP contribution is 2.27. The van der Waals surface area contributed by atoms with Crippen molar-refractivity contribution in [1.82, 2.24) is 13.7 Å². The van der Waals surface area contributed by atoms with Crippen LogP contribution in [0.15, 0.2) is 16.6 Å². The van der Waals surface area contributed by atoms with E-state index in [1.54, 1.807) is 31.7 Å². The number of anilines is 1. The summed E-state index contributed by atoms with van der Waals surface area (Å²) in [4.78, 5) is 4.94. The summed E-state index contributed by atoms with van der Waals surface area (Å²) >= 11 is 1.40. The molecule has 2 rings (SSSR count). The van der Waals surface area contributed by atoms with Gasteiger partial charge in [-0.15, -0.1) is 11.3 Å². The molecule has 20 heavy (non-hydrogen) atoms. The van der Waals surface area contributed by atoms with Crippen LogP contribution in [0.25, 0.3) is 4.96 Å². The second kappa shape index (κ2) is 6.08. The van der Waals surface area contributed by atoms with Crippen LogP contribution >= 0.6 is 11.3 Å². The molecule has 0 aliphatic heterocycles. The van der Waals surface area contributed by atoms with E-state index in [2.05, 4.69) is 10.3 Å². The van der Waals surface area contributed by atoms with E-state index in [9.17, 15) is 8.42 Å². The Kier molecular flexibility index (Phi) is 4.63. The monoisotopic (exact) mass is 318 g/mol. The van der Waals surface area contributed by atoms with Gasteiger partial charge in [-0.3, -0.25) is 4.40 Å². The highest BCUT2D eigenvalue weighted by molar-refractivity contribution is 7.89. The summed E-state index contributed by atoms with van der Waals surface area (Å²) in [5, 5.41) is 4.84. The average molecular weight is 318 g/mol. The van der Waals surface area contributed by atoms with E-state index in [0.29, 0.717) is 30.5 Å². The summed E-state index contributed by atoms with van der Waals surface area (Å²) in [7, 11) is -0.407. The van der Waals surface area contributed by atoms with Crippen LogP contribution in [-0.4, -0.2) is 56.0 Å². The summed E-state index contributed by atoms with van der Waals surface area (Å²) in [6.07, 6.45) is 1.71. The number of sulfonamides is 1. The summed E-state index contributed by atoms with van der Waals surface area (Å²) in [6, 6.07) is 0. The summed E-state index contributed by atoms with van der Waals surface area (Å²) in [5.74, 6) is 0.368. The molecule has 0 atom stereocenters. The van der Waals surface area contributed by atoms with Crippen molar-refractivity contribution in [2.45, 2.75) is 11.9 Å². The first-order chi connectivity index (χ1) is 9.56. The number of imidazole rings is 1. The van der Waals surface area contributed by atoms with Crippen molar-refractivity contribution in [2.75, 3.05) is 39.2 Å². The molecule has 2 aromatic rings. The quantitative estimate of drug-likeness (QED) is 0.827. The summed E-state index contributed by atoms with van der Waals surface area (Å²) in [5.41, 5.74) is 0. The fourth-order valence-corrected chi connectivity index (χ4v) is 4.40. The van der Waals surface area contributed by atoms with Crippen molar-refractivity contribution in [3.8, 4) is 0 Å². The molecule has 0 amide bonds. The molecule has 0 saturated heterocycles. The zero-order valence-corrected chi connectivity index (χ0v) is 13.3. The van der Waals surface area contributed by atoms with Crippen molar-refractivity contribution >= 4 is 32.1 Å². The number of aromatic nitrogens is 2. The molecule has 0 spiro atoms. The zero-order chi connectivity index (χ0) is 14.8. The van der Waals surface area contributed by atoms with Crippen LogP contribution in [0.4, 0.5) is 5.82 Å². The average Bonchev–Trinajstić information content (AvgIpc) is 2.98. The second-order valence-corrected chi connectivity index (χ2v) is 6.79. The fraction of sp³-hybridized carbons (Fsp3) is 0.545. The third-order valence-corrected chi connectivity index (χ3v) is 5.69. The standard InChI is InChI=1S/C11H18N4O3S2/c1-4-14(5-7-18-3)20(16,17)10-9(12-2)13-11-15(10)6-8-19-11/h6,8,12H,4-5,7H2,1-3H3. The molecule has 2 heterocycles. The van der Waals surface area contributed by atoms with Gasteiger partial charge in [0.2, 0.25) is 0 Å². The van der Waals surface area contributed by atoms with E-state index in [-0.39, 0.29) is 5.03 Å². The lowest BCUT2D eigenvalue weighted by atomic mass is 10.6. The SMILES string of the molecule is CCN(CCOC)S(=O)(=O)c1c(NC)nc2sccn12. The summed E-state index contributed by atoms with van der Waals surface area (Å²) < 4.78 is 33.6. The number of likely N-dealkylation sites (N-methyl/N-ethyl adjacent to an activating group) is 1. The maximum absolute atomic E-state index is 12.8. The van der Waals surface area contributed by atoms with Crippen molar-refractivity contribution in [3.05, 3.63) is 11.6 Å². The predicted molar refractivity (Wildman–Crippen MR) is 78.9 cm³/mol. The number of nitrogens with zero attached hydrogens (tertiary/aromatic N) is 3. The fourth-order valence-electron chi connectivity index (χ4n) is 1.94. The number of hydrogen-bond donors (Lipinski definition) is 1. The predicted octanol–water partition coefficient (Wildman–Crippen LogP) is 1.09. The largest absolute Gasteiger partial charge is 0.383 e. The molecule has 7 nitrogen and oxygen atoms in total. The van der Waals surface area contributed by atoms with Gasteiger partial charge in [-0.05, 0) is 0 Å². The smallest absolute Gasteiger partial charge is 0.262 e. The van der Waals surface area contributed by atoms with Gasteiger partial charge >= 0.3 is 0 Å². The number of thiazole rings is 1. The number of rotatable bonds is 7. The Morgan fingerprint density at radius 1 is 1.55 bits per heavy atom. The maximum atomic E-state index is 12.8. The van der Waals surface area contributed by atoms with Crippen LogP contribution < -0.4 is 5.32 Å². The lowest BCUT2D eigenvalue weighted by Gasteiger charge is -2.20. The molecule has 0 unspecified atom stereocenters. The highest BCUT2D eigenvalue weighted by Gasteiger charge is 2.30. The van der Waals surface area contributed by atoms with Gasteiger partial charge < -0.3 is 10.1 Å². The van der Waals surface area contributed by atoms with Crippen LogP contribution in [0.2, 0.25) is 0 Å². The number of methoxy groups -OCH3 is 1. The van der Waals surface area contributed by atoms with Crippen molar-refractivity contribution in [3.63, 3.8) is 0 Å². The van der Waals surface area contributed by atoms with Gasteiger partial charge in [0, 0.05) is 38.8 Å². The van der Waals surface area contributed by atoms with Crippen LogP contribution in [0.5, 0.6) is 0 Å². The van der Waals surface area contributed by atoms with Gasteiger partial charge in [-0.1, -0.05) is 6.92 Å². The Labute approximate surface area is 122 Å². The third-order valence-electron chi connectivity index (χ3n) is 2.94. The van der Waals surface area contributed by atoms with E-state index in [1.165, 1.54) is 15.6 Å². The number of nitrogens with one attached hydrogen (secondary N) is 1. The molecule has 112 valence electrons. The highest BCUT2D eigenvalue weighted by atomic mass is 32.2. The molecule has 0 fully saturated rings. The Hall–Kier alpha value is -1.16. The minimum Gasteiger partial charge on any atom is -0.383 e. The molecule has 9 heteroatoms. The first kappa shape index (κ1) is 15.2. The molecule has 1 N–H and O–H groups in total. The van der Waals surface area contributed by atoms with Gasteiger partial charge in [-0.25, -0.2) is 13.4 Å². The topological polar surface area (TPSA) is 75.9 Å². The maximum Gasteiger partial charge on any atom is 0.262 e. The van der Waals surface area contributed by atoms with E-state index >= 15 is 0 Å². The zero-order valence-electron chi connectivity index (χ0n) is 11.7. The molecular formula is C11H18N4O3S2. The van der Waals surface area contributed by atoms with Gasteiger partial charge in [0.05, 0.1) is 6.61 Å². The molecule has 0 saturated carbocycles. The van der Waals surface area contributed by atoms with Gasteiger partial charge in [-0.2, -0.15) is 4.31 Å². The first-order valence-electron chi connectivity index (χ1n) is 6.18. The van der Waals surface area contributed by atoms with Crippen molar-refractivity contribution in [1.29, 1.82) is 0 Å². The third kappa shape index (κ3) is 2.53. The number of ether oxygens (including phenoxy) is 1. The van der Waals surface area contributed by atoms with Crippen molar-refractivity contribution < 1.29 is 13.2 Å². The Morgan fingerprint density at radius 3 is 2.90 bits per heavy atom. The Bertz CT molecular complexity index is 677. The molecule has 0 bridgehead atoms. The molecule has 2 aromatic heterocycles. The molecule has 0 radical (unpaired) electrons. The van der Waals surface area contributed by atoms with Crippen molar-refractivity contribution in [2.24, 2.45) is 0 Å². The van der Waals surface area contributed by atoms with Gasteiger partial charge in [0.25, 0.3) is 10.0 Å². The minimum absolute atomic E-state index is 0.175. The van der Waals surface area contributed by atoms with Crippen LogP contribution in [0.1, 0.15) is 6.92 Å². The molecule has 0 aromatic carbocycles. The van der Waals surface area contributed by atoms with E-state index in [4.69, 9.17) is 4.74 Å². The van der Waals surface area contributed by atoms with Gasteiger partial charge in [0.1, 0.15) is 0 Å². The lowest BCUT2D eigenvalue weighted by molar-refractivity contribution is 0.180. The normalized spacial score (nSPS) is 12.4. The molecular weight excluding hydrogens is 300 g/mol. The number of fused-ring (bicyclic) bond motifs is 1. The first-order valence-corrected chi connectivity index (χ1v) is 8.50. The second-order valence-electron chi connectivity index (χ2n) is 4.06. The van der Waals surface area contributed by atoms with E-state index in [0.717, 1.165) is 0 Å². The number of hydrogen-bond acceptors (Lipinski definition) is 6.